The molecule has 0 spiro atoms. The van der Waals surface area contributed by atoms with Crippen molar-refractivity contribution in [3.63, 3.8) is 0 Å². The number of hydrogen-bond acceptors (Lipinski definition) is 3. The summed E-state index contributed by atoms with van der Waals surface area (Å²) in [5.41, 5.74) is 7.75. The fraction of sp³-hybridized carbons (Fsp3) is 0.667. The van der Waals surface area contributed by atoms with Crippen LogP contribution >= 0.6 is 0 Å². The molecule has 0 aliphatic heterocycles. The lowest BCUT2D eigenvalue weighted by Gasteiger charge is -2.44. The third kappa shape index (κ3) is 4.21. The molecule has 0 fully saturated rings. The van der Waals surface area contributed by atoms with E-state index in [-0.39, 0.29) is 17.7 Å². The van der Waals surface area contributed by atoms with Crippen molar-refractivity contribution in [2.75, 3.05) is 13.1 Å². The van der Waals surface area contributed by atoms with Crippen LogP contribution < -0.4 is 10.5 Å². The number of nitrogens with zero attached hydrogens (tertiary/aromatic N) is 1. The van der Waals surface area contributed by atoms with Gasteiger partial charge in [-0.25, -0.2) is 0 Å². The van der Waals surface area contributed by atoms with E-state index < -0.39 is 0 Å². The van der Waals surface area contributed by atoms with Gasteiger partial charge in [0.1, 0.15) is 5.75 Å². The molecule has 3 nitrogen and oxygen atoms in total. The van der Waals surface area contributed by atoms with Crippen molar-refractivity contribution in [1.29, 1.82) is 0 Å². The predicted octanol–water partition coefficient (Wildman–Crippen LogP) is 3.98. The third-order valence-corrected chi connectivity index (χ3v) is 4.48. The van der Waals surface area contributed by atoms with Gasteiger partial charge >= 0.3 is 0 Å². The van der Waals surface area contributed by atoms with Crippen LogP contribution in [0.2, 0.25) is 0 Å². The molecule has 1 aromatic carbocycles. The second-order valence-electron chi connectivity index (χ2n) is 6.10. The highest BCUT2D eigenvalue weighted by atomic mass is 16.5. The SMILES string of the molecule is CCN(CC)C(C)(CC)C(N)c1ccc(OC(C)C)cc1. The first-order chi connectivity index (χ1) is 9.88. The normalized spacial score (nSPS) is 16.0. The Hall–Kier alpha value is -1.06. The van der Waals surface area contributed by atoms with E-state index in [4.69, 9.17) is 10.5 Å². The molecule has 0 saturated heterocycles. The van der Waals surface area contributed by atoms with Crippen LogP contribution in [0.5, 0.6) is 5.75 Å². The molecule has 0 heterocycles. The molecule has 2 unspecified atom stereocenters. The molecule has 0 radical (unpaired) electrons. The van der Waals surface area contributed by atoms with E-state index in [0.29, 0.717) is 0 Å². The van der Waals surface area contributed by atoms with Gasteiger partial charge in [0.25, 0.3) is 0 Å². The Kier molecular flexibility index (Phi) is 6.69. The Balaban J connectivity index is 2.97. The lowest BCUT2D eigenvalue weighted by Crippen LogP contribution is -2.52. The summed E-state index contributed by atoms with van der Waals surface area (Å²) in [5, 5.41) is 0. The first-order valence-electron chi connectivity index (χ1n) is 8.16. The van der Waals surface area contributed by atoms with Gasteiger partial charge < -0.3 is 10.5 Å². The molecule has 0 aliphatic carbocycles. The highest BCUT2D eigenvalue weighted by molar-refractivity contribution is 5.31. The topological polar surface area (TPSA) is 38.5 Å². The van der Waals surface area contributed by atoms with Crippen LogP contribution in [0.25, 0.3) is 0 Å². The quantitative estimate of drug-likeness (QED) is 0.787. The molecular formula is C18H32N2O. The van der Waals surface area contributed by atoms with Gasteiger partial charge in [-0.2, -0.15) is 0 Å². The van der Waals surface area contributed by atoms with Crippen LogP contribution in [0.15, 0.2) is 24.3 Å². The zero-order valence-electron chi connectivity index (χ0n) is 14.5. The molecule has 2 N–H and O–H groups in total. The van der Waals surface area contributed by atoms with E-state index >= 15 is 0 Å². The third-order valence-electron chi connectivity index (χ3n) is 4.48. The van der Waals surface area contributed by atoms with E-state index in [0.717, 1.165) is 25.3 Å². The van der Waals surface area contributed by atoms with E-state index in [2.05, 4.69) is 44.7 Å². The molecule has 0 saturated carbocycles. The molecule has 1 aromatic rings. The van der Waals surface area contributed by atoms with Gasteiger partial charge in [-0.3, -0.25) is 4.90 Å². The lowest BCUT2D eigenvalue weighted by atomic mass is 9.83. The second-order valence-corrected chi connectivity index (χ2v) is 6.10. The van der Waals surface area contributed by atoms with E-state index in [1.807, 2.05) is 26.0 Å². The standard InChI is InChI=1S/C18H32N2O/c1-7-18(6,20(8-2)9-3)17(19)15-10-12-16(13-11-15)21-14(4)5/h10-14,17H,7-9,19H2,1-6H3. The maximum Gasteiger partial charge on any atom is 0.119 e. The van der Waals surface area contributed by atoms with E-state index in [9.17, 15) is 0 Å². The van der Waals surface area contributed by atoms with Crippen LogP contribution in [-0.2, 0) is 0 Å². The smallest absolute Gasteiger partial charge is 0.119 e. The minimum absolute atomic E-state index is 0.00417. The monoisotopic (exact) mass is 292 g/mol. The molecule has 2 atom stereocenters. The first kappa shape index (κ1) is 18.0. The number of hydrogen-bond donors (Lipinski definition) is 1. The summed E-state index contributed by atoms with van der Waals surface area (Å²) in [7, 11) is 0. The van der Waals surface area contributed by atoms with Crippen LogP contribution in [0.4, 0.5) is 0 Å². The molecule has 120 valence electrons. The largest absolute Gasteiger partial charge is 0.491 e. The molecule has 0 aromatic heterocycles. The Labute approximate surface area is 130 Å². The number of benzene rings is 1. The van der Waals surface area contributed by atoms with Gasteiger partial charge in [0.2, 0.25) is 0 Å². The van der Waals surface area contributed by atoms with Crippen LogP contribution in [0.1, 0.15) is 59.6 Å². The molecule has 0 bridgehead atoms. The van der Waals surface area contributed by atoms with E-state index in [1.165, 1.54) is 5.56 Å². The molecule has 3 heteroatoms. The summed E-state index contributed by atoms with van der Waals surface area (Å²) in [5.74, 6) is 0.905. The van der Waals surface area contributed by atoms with Crippen molar-refractivity contribution in [1.82, 2.24) is 4.90 Å². The Bertz CT molecular complexity index is 412. The lowest BCUT2D eigenvalue weighted by molar-refractivity contribution is 0.0844. The Morgan fingerprint density at radius 2 is 1.62 bits per heavy atom. The Morgan fingerprint density at radius 1 is 1.10 bits per heavy atom. The maximum atomic E-state index is 6.60. The van der Waals surface area contributed by atoms with Crippen molar-refractivity contribution >= 4 is 0 Å². The zero-order chi connectivity index (χ0) is 16.0. The fourth-order valence-electron chi connectivity index (χ4n) is 2.97. The highest BCUT2D eigenvalue weighted by Crippen LogP contribution is 2.33. The fourth-order valence-corrected chi connectivity index (χ4v) is 2.97. The summed E-state index contributed by atoms with van der Waals surface area (Å²) >= 11 is 0. The second kappa shape index (κ2) is 7.81. The predicted molar refractivity (Wildman–Crippen MR) is 90.8 cm³/mol. The van der Waals surface area contributed by atoms with Crippen molar-refractivity contribution in [3.8, 4) is 5.75 Å². The van der Waals surface area contributed by atoms with Gasteiger partial charge in [-0.05, 0) is 58.0 Å². The van der Waals surface area contributed by atoms with Gasteiger partial charge in [0, 0.05) is 11.6 Å². The molecular weight excluding hydrogens is 260 g/mol. The summed E-state index contributed by atoms with van der Waals surface area (Å²) in [6, 6.07) is 8.23. The Morgan fingerprint density at radius 3 is 2.00 bits per heavy atom. The minimum Gasteiger partial charge on any atom is -0.491 e. The van der Waals surface area contributed by atoms with Crippen molar-refractivity contribution in [2.45, 2.75) is 65.6 Å². The van der Waals surface area contributed by atoms with Gasteiger partial charge in [-0.15, -0.1) is 0 Å². The van der Waals surface area contributed by atoms with Crippen molar-refractivity contribution < 1.29 is 4.74 Å². The van der Waals surface area contributed by atoms with E-state index in [1.54, 1.807) is 0 Å². The maximum absolute atomic E-state index is 6.60. The molecule has 0 aliphatic rings. The number of ether oxygens (including phenoxy) is 1. The summed E-state index contributed by atoms with van der Waals surface area (Å²) in [4.78, 5) is 2.45. The highest BCUT2D eigenvalue weighted by Gasteiger charge is 2.35. The van der Waals surface area contributed by atoms with Crippen molar-refractivity contribution in [2.24, 2.45) is 5.73 Å². The molecule has 1 rings (SSSR count). The average molecular weight is 292 g/mol. The molecule has 0 amide bonds. The molecule has 21 heavy (non-hydrogen) atoms. The average Bonchev–Trinajstić information content (AvgIpc) is 2.47. The summed E-state index contributed by atoms with van der Waals surface area (Å²) < 4.78 is 5.70. The van der Waals surface area contributed by atoms with Crippen molar-refractivity contribution in [3.05, 3.63) is 29.8 Å². The summed E-state index contributed by atoms with van der Waals surface area (Å²) in [6.45, 7) is 15.0. The number of likely N-dealkylation sites (N-methyl/N-ethyl adjacent to an activating group) is 1. The van der Waals surface area contributed by atoms with Gasteiger partial charge in [0.15, 0.2) is 0 Å². The van der Waals surface area contributed by atoms with Crippen LogP contribution in [0.3, 0.4) is 0 Å². The first-order valence-corrected chi connectivity index (χ1v) is 8.16. The number of rotatable bonds is 8. The summed E-state index contributed by atoms with van der Waals surface area (Å²) in [6.07, 6.45) is 1.22. The van der Waals surface area contributed by atoms with Crippen LogP contribution in [0, 0.1) is 0 Å². The van der Waals surface area contributed by atoms with Gasteiger partial charge in [0.05, 0.1) is 6.10 Å². The van der Waals surface area contributed by atoms with Crippen LogP contribution in [-0.4, -0.2) is 29.6 Å². The number of nitrogens with two attached hydrogens (primary N) is 1. The zero-order valence-corrected chi connectivity index (χ0v) is 14.5. The van der Waals surface area contributed by atoms with Gasteiger partial charge in [-0.1, -0.05) is 32.9 Å². The minimum atomic E-state index is -0.0239.